The number of nitrogens with zero attached hydrogens (tertiary/aromatic N) is 3. The molecule has 1 aliphatic rings. The quantitative estimate of drug-likeness (QED) is 0.873. The van der Waals surface area contributed by atoms with Crippen LogP contribution >= 0.6 is 0 Å². The molecular weight excluding hydrogens is 256 g/mol. The molecule has 20 heavy (non-hydrogen) atoms. The summed E-state index contributed by atoms with van der Waals surface area (Å²) in [6.07, 6.45) is 4.98. The van der Waals surface area contributed by atoms with Crippen molar-refractivity contribution in [2.24, 2.45) is 11.3 Å². The van der Waals surface area contributed by atoms with Gasteiger partial charge in [0.15, 0.2) is 6.04 Å². The molecule has 0 aromatic carbocycles. The number of hydrogen-bond donors (Lipinski definition) is 2. The number of carboxylic acids is 1. The Morgan fingerprint density at radius 2 is 2.15 bits per heavy atom. The summed E-state index contributed by atoms with van der Waals surface area (Å²) < 4.78 is 1.50. The third-order valence-corrected chi connectivity index (χ3v) is 3.83. The van der Waals surface area contributed by atoms with E-state index in [0.29, 0.717) is 5.92 Å². The monoisotopic (exact) mass is 280 g/mol. The van der Waals surface area contributed by atoms with Gasteiger partial charge in [-0.25, -0.2) is 9.48 Å². The molecular formula is C14H24N4O2. The number of aliphatic carboxylic acids is 1. The molecule has 2 heterocycles. The Kier molecular flexibility index (Phi) is 4.42. The van der Waals surface area contributed by atoms with Gasteiger partial charge in [0, 0.05) is 6.20 Å². The fraction of sp³-hybridized carbons (Fsp3) is 0.786. The maximum atomic E-state index is 11.4. The highest BCUT2D eigenvalue weighted by atomic mass is 16.4. The van der Waals surface area contributed by atoms with Gasteiger partial charge in [0.1, 0.15) is 0 Å². The lowest BCUT2D eigenvalue weighted by molar-refractivity contribution is -0.144. The van der Waals surface area contributed by atoms with Crippen molar-refractivity contribution in [2.75, 3.05) is 13.1 Å². The van der Waals surface area contributed by atoms with E-state index in [1.54, 1.807) is 6.20 Å². The number of aromatic nitrogens is 3. The van der Waals surface area contributed by atoms with Gasteiger partial charge in [-0.05, 0) is 43.7 Å². The van der Waals surface area contributed by atoms with Crippen LogP contribution in [0, 0.1) is 11.3 Å². The minimum atomic E-state index is -0.865. The molecule has 112 valence electrons. The summed E-state index contributed by atoms with van der Waals surface area (Å²) in [5.74, 6) is -0.241. The van der Waals surface area contributed by atoms with E-state index in [9.17, 15) is 9.90 Å². The average Bonchev–Trinajstić information content (AvgIpc) is 2.76. The zero-order chi connectivity index (χ0) is 14.8. The second-order valence-corrected chi connectivity index (χ2v) is 6.69. The van der Waals surface area contributed by atoms with E-state index >= 15 is 0 Å². The predicted molar refractivity (Wildman–Crippen MR) is 75.4 cm³/mol. The Bertz CT molecular complexity index is 458. The van der Waals surface area contributed by atoms with E-state index in [1.807, 2.05) is 20.8 Å². The zero-order valence-corrected chi connectivity index (χ0v) is 12.5. The summed E-state index contributed by atoms with van der Waals surface area (Å²) in [7, 11) is 0. The van der Waals surface area contributed by atoms with Gasteiger partial charge in [-0.2, -0.15) is 0 Å². The molecule has 1 aromatic heterocycles. The first-order chi connectivity index (χ1) is 9.38. The zero-order valence-electron chi connectivity index (χ0n) is 12.5. The van der Waals surface area contributed by atoms with Crippen LogP contribution in [0.15, 0.2) is 6.20 Å². The molecule has 0 unspecified atom stereocenters. The number of rotatable bonds is 4. The van der Waals surface area contributed by atoms with Crippen molar-refractivity contribution >= 4 is 5.97 Å². The van der Waals surface area contributed by atoms with Crippen molar-refractivity contribution in [1.82, 2.24) is 20.3 Å². The van der Waals surface area contributed by atoms with Crippen LogP contribution < -0.4 is 5.32 Å². The maximum absolute atomic E-state index is 11.4. The molecule has 2 rings (SSSR count). The molecule has 1 fully saturated rings. The number of carbonyl (C=O) groups is 1. The number of hydrogen-bond acceptors (Lipinski definition) is 4. The van der Waals surface area contributed by atoms with Crippen molar-refractivity contribution in [3.8, 4) is 0 Å². The van der Waals surface area contributed by atoms with Crippen molar-refractivity contribution in [2.45, 2.75) is 46.1 Å². The highest BCUT2D eigenvalue weighted by molar-refractivity contribution is 5.72. The topological polar surface area (TPSA) is 80.0 Å². The van der Waals surface area contributed by atoms with Crippen molar-refractivity contribution in [3.63, 3.8) is 0 Å². The number of nitrogens with one attached hydrogen (secondary N) is 1. The molecule has 0 spiro atoms. The largest absolute Gasteiger partial charge is 0.480 e. The molecule has 1 aliphatic heterocycles. The lowest BCUT2D eigenvalue weighted by Gasteiger charge is -2.26. The summed E-state index contributed by atoms with van der Waals surface area (Å²) in [4.78, 5) is 11.4. The molecule has 0 aliphatic carbocycles. The van der Waals surface area contributed by atoms with Crippen LogP contribution in [0.2, 0.25) is 0 Å². The maximum Gasteiger partial charge on any atom is 0.329 e. The van der Waals surface area contributed by atoms with E-state index < -0.39 is 17.4 Å². The van der Waals surface area contributed by atoms with Gasteiger partial charge in [-0.15, -0.1) is 5.10 Å². The minimum absolute atomic E-state index is 0.397. The van der Waals surface area contributed by atoms with Gasteiger partial charge >= 0.3 is 5.97 Å². The fourth-order valence-corrected chi connectivity index (χ4v) is 2.80. The van der Waals surface area contributed by atoms with E-state index in [4.69, 9.17) is 0 Å². The van der Waals surface area contributed by atoms with Gasteiger partial charge in [0.05, 0.1) is 5.69 Å². The second-order valence-electron chi connectivity index (χ2n) is 6.69. The third kappa shape index (κ3) is 3.56. The standard InChI is InChI=1S/C14H24N4O2/c1-14(2,3)12(13(19)20)18-9-11(16-17-18)8-10-4-6-15-7-5-10/h9-10,12,15H,4-8H2,1-3H3,(H,19,20)/t12-/m1/s1. The van der Waals surface area contributed by atoms with Crippen LogP contribution in [0.5, 0.6) is 0 Å². The smallest absolute Gasteiger partial charge is 0.329 e. The molecule has 0 saturated carbocycles. The lowest BCUT2D eigenvalue weighted by atomic mass is 9.87. The Balaban J connectivity index is 2.08. The van der Waals surface area contributed by atoms with Crippen LogP contribution in [0.3, 0.4) is 0 Å². The highest BCUT2D eigenvalue weighted by Gasteiger charge is 2.34. The second kappa shape index (κ2) is 5.91. The summed E-state index contributed by atoms with van der Waals surface area (Å²) >= 11 is 0. The summed E-state index contributed by atoms with van der Waals surface area (Å²) in [6, 6.07) is -0.684. The van der Waals surface area contributed by atoms with E-state index in [2.05, 4.69) is 15.6 Å². The molecule has 0 radical (unpaired) electrons. The first-order valence-electron chi connectivity index (χ1n) is 7.22. The highest BCUT2D eigenvalue weighted by Crippen LogP contribution is 2.30. The summed E-state index contributed by atoms with van der Waals surface area (Å²) in [5, 5.41) is 20.9. The van der Waals surface area contributed by atoms with Crippen LogP contribution in [-0.4, -0.2) is 39.2 Å². The van der Waals surface area contributed by atoms with Gasteiger partial charge < -0.3 is 10.4 Å². The Morgan fingerprint density at radius 3 is 2.70 bits per heavy atom. The van der Waals surface area contributed by atoms with Gasteiger partial charge in [0.2, 0.25) is 0 Å². The summed E-state index contributed by atoms with van der Waals surface area (Å²) in [6.45, 7) is 7.82. The molecule has 2 N–H and O–H groups in total. The lowest BCUT2D eigenvalue weighted by Crippen LogP contribution is -2.32. The molecule has 6 heteroatoms. The Hall–Kier alpha value is -1.43. The Labute approximate surface area is 119 Å². The Morgan fingerprint density at radius 1 is 1.50 bits per heavy atom. The van der Waals surface area contributed by atoms with E-state index in [-0.39, 0.29) is 0 Å². The average molecular weight is 280 g/mol. The molecule has 0 amide bonds. The minimum Gasteiger partial charge on any atom is -0.480 e. The molecule has 0 bridgehead atoms. The van der Waals surface area contributed by atoms with Gasteiger partial charge in [-0.3, -0.25) is 0 Å². The van der Waals surface area contributed by atoms with E-state index in [1.165, 1.54) is 4.68 Å². The first-order valence-corrected chi connectivity index (χ1v) is 7.22. The molecule has 6 nitrogen and oxygen atoms in total. The summed E-state index contributed by atoms with van der Waals surface area (Å²) in [5.41, 5.74) is 0.498. The number of piperidine rings is 1. The third-order valence-electron chi connectivity index (χ3n) is 3.83. The van der Waals surface area contributed by atoms with Crippen molar-refractivity contribution in [1.29, 1.82) is 0 Å². The van der Waals surface area contributed by atoms with Crippen molar-refractivity contribution < 1.29 is 9.90 Å². The molecule has 1 aromatic rings. The van der Waals surface area contributed by atoms with Crippen LogP contribution in [0.1, 0.15) is 45.3 Å². The fourth-order valence-electron chi connectivity index (χ4n) is 2.80. The van der Waals surface area contributed by atoms with Gasteiger partial charge in [-0.1, -0.05) is 26.0 Å². The van der Waals surface area contributed by atoms with Crippen molar-refractivity contribution in [3.05, 3.63) is 11.9 Å². The van der Waals surface area contributed by atoms with Gasteiger partial charge in [0.25, 0.3) is 0 Å². The first kappa shape index (κ1) is 15.0. The molecule has 1 saturated heterocycles. The molecule has 1 atom stereocenters. The van der Waals surface area contributed by atoms with Crippen LogP contribution in [-0.2, 0) is 11.2 Å². The number of carboxylic acid groups (broad SMARTS) is 1. The predicted octanol–water partition coefficient (Wildman–Crippen LogP) is 1.49. The SMILES string of the molecule is CC(C)(C)[C@@H](C(=O)O)n1cc(CC2CCNCC2)nn1. The van der Waals surface area contributed by atoms with Crippen LogP contribution in [0.25, 0.3) is 0 Å². The normalized spacial score (nSPS) is 18.9. The van der Waals surface area contributed by atoms with E-state index in [0.717, 1.165) is 38.0 Å². The van der Waals surface area contributed by atoms with Crippen LogP contribution in [0.4, 0.5) is 0 Å².